The number of hydrogen-bond donors (Lipinski definition) is 8. The van der Waals surface area contributed by atoms with Gasteiger partial charge in [-0.15, -0.1) is 0 Å². The zero-order chi connectivity index (χ0) is 33.3. The average Bonchev–Trinajstić information content (AvgIpc) is 2.94. The SMILES string of the molecule is NP(O)OCCCCNC(=O)CCC(NC(=O)CCCCCNC(=O)c1ccc(F)cc1)C(=O)O.O=C(O)CCCC(=O)O. The minimum atomic E-state index is -1.88. The smallest absolute Gasteiger partial charge is 0.326 e. The first-order valence-corrected chi connectivity index (χ1v) is 15.2. The summed E-state index contributed by atoms with van der Waals surface area (Å²) in [6, 6.07) is 4.04. The molecule has 0 spiro atoms. The number of halogens is 1. The van der Waals surface area contributed by atoms with E-state index in [1.165, 1.54) is 24.3 Å². The second kappa shape index (κ2) is 24.7. The molecule has 2 atom stereocenters. The van der Waals surface area contributed by atoms with E-state index in [9.17, 15) is 38.3 Å². The van der Waals surface area contributed by atoms with Gasteiger partial charge in [-0.2, -0.15) is 0 Å². The molecule has 15 nitrogen and oxygen atoms in total. The molecule has 0 bridgehead atoms. The minimum Gasteiger partial charge on any atom is -0.481 e. The maximum absolute atomic E-state index is 12.9. The fourth-order valence-corrected chi connectivity index (χ4v) is 3.70. The van der Waals surface area contributed by atoms with Gasteiger partial charge in [0.15, 0.2) is 0 Å². The standard InChI is InChI=1S/C22H34FN4O7P.C5H8O4/c23-17-9-7-16(8-10-17)21(30)26-14-3-1-2-6-20(29)27-18(22(31)32)11-12-19(28)25-13-4-5-15-34-35(24)33;6-4(7)2-1-3-5(8)9/h7-10,18,33H,1-6,11-15,24H2,(H,25,28)(H,26,30)(H,27,29)(H,31,32);1-3H2,(H,6,7)(H,8,9). The molecule has 0 saturated heterocycles. The van der Waals surface area contributed by atoms with Crippen molar-refractivity contribution in [3.05, 3.63) is 35.6 Å². The molecule has 0 radical (unpaired) electrons. The zero-order valence-electron chi connectivity index (χ0n) is 24.3. The van der Waals surface area contributed by atoms with Gasteiger partial charge in [0.1, 0.15) is 11.9 Å². The summed E-state index contributed by atoms with van der Waals surface area (Å²) in [4.78, 5) is 75.6. The molecule has 44 heavy (non-hydrogen) atoms. The number of carbonyl (C=O) groups is 6. The number of benzene rings is 1. The number of carboxylic acid groups (broad SMARTS) is 3. The molecule has 0 aromatic heterocycles. The van der Waals surface area contributed by atoms with E-state index in [1.54, 1.807) is 0 Å². The number of carbonyl (C=O) groups excluding carboxylic acids is 3. The fourth-order valence-electron chi connectivity index (χ4n) is 3.38. The van der Waals surface area contributed by atoms with E-state index in [0.29, 0.717) is 50.8 Å². The number of rotatable bonds is 22. The van der Waals surface area contributed by atoms with E-state index in [2.05, 4.69) is 16.0 Å². The number of nitrogens with two attached hydrogens (primary N) is 1. The summed E-state index contributed by atoms with van der Waals surface area (Å²) in [5.41, 5.74) is 5.45. The highest BCUT2D eigenvalue weighted by Gasteiger charge is 2.20. The van der Waals surface area contributed by atoms with Crippen LogP contribution in [-0.4, -0.2) is 81.6 Å². The van der Waals surface area contributed by atoms with Crippen LogP contribution in [0, 0.1) is 5.82 Å². The topological polar surface area (TPSA) is 255 Å². The quantitative estimate of drug-likeness (QED) is 0.0663. The summed E-state index contributed by atoms with van der Waals surface area (Å²) in [6.07, 6.45) is 3.13. The normalized spacial score (nSPS) is 11.7. The molecule has 0 heterocycles. The van der Waals surface area contributed by atoms with Crippen LogP contribution in [0.1, 0.15) is 81.0 Å². The van der Waals surface area contributed by atoms with Crippen LogP contribution in [0.25, 0.3) is 0 Å². The van der Waals surface area contributed by atoms with Crippen LogP contribution in [0.4, 0.5) is 4.39 Å². The van der Waals surface area contributed by atoms with Gasteiger partial charge < -0.3 is 40.7 Å². The van der Waals surface area contributed by atoms with Crippen molar-refractivity contribution in [1.82, 2.24) is 16.0 Å². The molecular formula is C27H42FN4O11P. The Labute approximate surface area is 255 Å². The van der Waals surface area contributed by atoms with Gasteiger partial charge in [0, 0.05) is 44.3 Å². The van der Waals surface area contributed by atoms with Crippen molar-refractivity contribution < 1.29 is 57.9 Å². The van der Waals surface area contributed by atoms with Gasteiger partial charge in [0.05, 0.1) is 6.61 Å². The van der Waals surface area contributed by atoms with E-state index >= 15 is 0 Å². The van der Waals surface area contributed by atoms with Crippen molar-refractivity contribution in [3.8, 4) is 0 Å². The summed E-state index contributed by atoms with van der Waals surface area (Å²) in [7, 11) is -1.88. The van der Waals surface area contributed by atoms with Gasteiger partial charge >= 0.3 is 17.9 Å². The lowest BCUT2D eigenvalue weighted by Crippen LogP contribution is -2.41. The van der Waals surface area contributed by atoms with Crippen LogP contribution >= 0.6 is 8.53 Å². The maximum Gasteiger partial charge on any atom is 0.326 e. The number of nitrogens with one attached hydrogen (secondary N) is 3. The number of unbranched alkanes of at least 4 members (excludes halogenated alkanes) is 3. The molecule has 0 fully saturated rings. The Bertz CT molecular complexity index is 1030. The lowest BCUT2D eigenvalue weighted by Gasteiger charge is -2.14. The van der Waals surface area contributed by atoms with Gasteiger partial charge in [-0.1, -0.05) is 6.42 Å². The largest absolute Gasteiger partial charge is 0.481 e. The van der Waals surface area contributed by atoms with Crippen molar-refractivity contribution in [2.45, 2.75) is 76.7 Å². The number of aliphatic carboxylic acids is 3. The van der Waals surface area contributed by atoms with Gasteiger partial charge in [-0.3, -0.25) is 29.5 Å². The van der Waals surface area contributed by atoms with Crippen LogP contribution in [0.15, 0.2) is 24.3 Å². The van der Waals surface area contributed by atoms with E-state index in [0.717, 1.165) is 0 Å². The molecule has 248 valence electrons. The molecular weight excluding hydrogens is 606 g/mol. The van der Waals surface area contributed by atoms with Crippen molar-refractivity contribution in [2.24, 2.45) is 5.50 Å². The third-order valence-corrected chi connectivity index (χ3v) is 6.11. The minimum absolute atomic E-state index is 0.0343. The molecule has 17 heteroatoms. The predicted molar refractivity (Wildman–Crippen MR) is 157 cm³/mol. The molecule has 0 aliphatic rings. The summed E-state index contributed by atoms with van der Waals surface area (Å²) >= 11 is 0. The van der Waals surface area contributed by atoms with Crippen molar-refractivity contribution >= 4 is 44.2 Å². The van der Waals surface area contributed by atoms with Gasteiger partial charge in [-0.25, -0.2) is 9.18 Å². The Morgan fingerprint density at radius 1 is 0.773 bits per heavy atom. The number of carboxylic acids is 3. The first-order chi connectivity index (χ1) is 20.8. The van der Waals surface area contributed by atoms with Crippen LogP contribution < -0.4 is 21.5 Å². The Hall–Kier alpha value is -3.72. The Kier molecular flexibility index (Phi) is 22.6. The molecule has 0 aliphatic carbocycles. The summed E-state index contributed by atoms with van der Waals surface area (Å²) in [5, 5.41) is 33.2. The molecule has 9 N–H and O–H groups in total. The van der Waals surface area contributed by atoms with Crippen LogP contribution in [0.5, 0.6) is 0 Å². The van der Waals surface area contributed by atoms with Gasteiger partial charge in [0.25, 0.3) is 5.91 Å². The molecule has 1 aromatic carbocycles. The van der Waals surface area contributed by atoms with Gasteiger partial charge in [0.2, 0.25) is 20.3 Å². The second-order valence-corrected chi connectivity index (χ2v) is 10.3. The molecule has 3 amide bonds. The maximum atomic E-state index is 12.9. The lowest BCUT2D eigenvalue weighted by atomic mass is 10.1. The number of hydrogen-bond acceptors (Lipinski definition) is 9. The predicted octanol–water partition coefficient (Wildman–Crippen LogP) is 1.88. The van der Waals surface area contributed by atoms with Crippen LogP contribution in [0.2, 0.25) is 0 Å². The van der Waals surface area contributed by atoms with Gasteiger partial charge in [-0.05, 0) is 62.8 Å². The summed E-state index contributed by atoms with van der Waals surface area (Å²) in [6.45, 7) is 1.06. The van der Waals surface area contributed by atoms with Crippen LogP contribution in [-0.2, 0) is 28.5 Å². The molecule has 1 rings (SSSR count). The highest BCUT2D eigenvalue weighted by Crippen LogP contribution is 2.19. The lowest BCUT2D eigenvalue weighted by molar-refractivity contribution is -0.142. The average molecular weight is 649 g/mol. The van der Waals surface area contributed by atoms with E-state index in [4.69, 9.17) is 25.1 Å². The third kappa shape index (κ3) is 23.8. The molecule has 2 unspecified atom stereocenters. The first-order valence-electron chi connectivity index (χ1n) is 13.9. The van der Waals surface area contributed by atoms with E-state index in [1.807, 2.05) is 0 Å². The molecule has 1 aromatic rings. The van der Waals surface area contributed by atoms with E-state index in [-0.39, 0.29) is 56.9 Å². The Morgan fingerprint density at radius 2 is 1.36 bits per heavy atom. The van der Waals surface area contributed by atoms with Crippen LogP contribution in [0.3, 0.4) is 0 Å². The second-order valence-electron chi connectivity index (χ2n) is 9.40. The van der Waals surface area contributed by atoms with Crippen molar-refractivity contribution in [2.75, 3.05) is 19.7 Å². The fraction of sp³-hybridized carbons (Fsp3) is 0.556. The van der Waals surface area contributed by atoms with Crippen molar-refractivity contribution in [3.63, 3.8) is 0 Å². The highest BCUT2D eigenvalue weighted by atomic mass is 31.2. The monoisotopic (exact) mass is 648 g/mol. The summed E-state index contributed by atoms with van der Waals surface area (Å²) < 4.78 is 17.7. The number of amides is 3. The first kappa shape index (κ1) is 40.3. The highest BCUT2D eigenvalue weighted by molar-refractivity contribution is 7.43. The third-order valence-electron chi connectivity index (χ3n) is 5.66. The Balaban J connectivity index is 0.00000177. The van der Waals surface area contributed by atoms with Crippen molar-refractivity contribution in [1.29, 1.82) is 0 Å². The zero-order valence-corrected chi connectivity index (χ0v) is 25.2. The Morgan fingerprint density at radius 3 is 1.93 bits per heavy atom. The molecule has 0 aliphatic heterocycles. The molecule has 0 saturated carbocycles. The van der Waals surface area contributed by atoms with E-state index < -0.39 is 44.2 Å². The summed E-state index contributed by atoms with van der Waals surface area (Å²) in [5.74, 6) is -4.58.